The molecule has 0 saturated carbocycles. The highest BCUT2D eigenvalue weighted by atomic mass is 32.2. The van der Waals surface area contributed by atoms with Crippen LogP contribution in [-0.2, 0) is 0 Å². The second-order valence-corrected chi connectivity index (χ2v) is 8.60. The number of ether oxygens (including phenoxy) is 2. The van der Waals surface area contributed by atoms with Crippen LogP contribution < -0.4 is 15.0 Å². The molecule has 0 spiro atoms. The number of nitrogens with zero attached hydrogens (tertiary/aromatic N) is 1. The first-order valence-electron chi connectivity index (χ1n) is 8.09. The Bertz CT molecular complexity index is 1010. The van der Waals surface area contributed by atoms with E-state index in [1.807, 2.05) is 39.0 Å². The van der Waals surface area contributed by atoms with Crippen LogP contribution in [0.25, 0.3) is 10.2 Å². The predicted octanol–water partition coefficient (Wildman–Crippen LogP) is 4.23. The van der Waals surface area contributed by atoms with Crippen molar-refractivity contribution in [3.05, 3.63) is 44.8 Å². The first kappa shape index (κ1) is 16.5. The van der Waals surface area contributed by atoms with Crippen LogP contribution in [0.4, 0.5) is 0 Å². The minimum absolute atomic E-state index is 0.0161. The van der Waals surface area contributed by atoms with Crippen LogP contribution in [0.3, 0.4) is 0 Å². The van der Waals surface area contributed by atoms with Crippen LogP contribution in [0.2, 0.25) is 0 Å². The van der Waals surface area contributed by atoms with Gasteiger partial charge in [0.25, 0.3) is 5.56 Å². The lowest BCUT2D eigenvalue weighted by Gasteiger charge is -2.19. The fourth-order valence-electron chi connectivity index (χ4n) is 2.82. The number of rotatable bonds is 3. The minimum atomic E-state index is -0.0588. The number of nitrogens with one attached hydrogen (secondary N) is 1. The quantitative estimate of drug-likeness (QED) is 0.695. The van der Waals surface area contributed by atoms with Crippen LogP contribution in [0, 0.1) is 13.8 Å². The highest BCUT2D eigenvalue weighted by molar-refractivity contribution is 7.99. The lowest BCUT2D eigenvalue weighted by Crippen LogP contribution is -2.15. The maximum Gasteiger partial charge on any atom is 0.259 e. The molecule has 0 aliphatic carbocycles. The molecule has 7 heteroatoms. The Morgan fingerprint density at radius 3 is 2.80 bits per heavy atom. The summed E-state index contributed by atoms with van der Waals surface area (Å²) in [5.74, 6) is 2.24. The maximum atomic E-state index is 12.4. The van der Waals surface area contributed by atoms with Crippen molar-refractivity contribution in [1.29, 1.82) is 0 Å². The van der Waals surface area contributed by atoms with Gasteiger partial charge in [-0.1, -0.05) is 0 Å². The van der Waals surface area contributed by atoms with Crippen molar-refractivity contribution >= 4 is 33.3 Å². The Morgan fingerprint density at radius 1 is 1.24 bits per heavy atom. The number of thioether (sulfide) groups is 1. The van der Waals surface area contributed by atoms with Crippen molar-refractivity contribution in [3.8, 4) is 11.5 Å². The molecule has 130 valence electrons. The number of benzene rings is 1. The highest BCUT2D eigenvalue weighted by Gasteiger charge is 2.18. The summed E-state index contributed by atoms with van der Waals surface area (Å²) in [7, 11) is 0. The van der Waals surface area contributed by atoms with Crippen molar-refractivity contribution in [2.24, 2.45) is 0 Å². The SMILES string of the molecule is Cc1sc2nc(C(C)Sc3ccc4c(c3)OCCO4)[nH]c(=O)c2c1C. The van der Waals surface area contributed by atoms with E-state index in [0.717, 1.165) is 31.7 Å². The minimum Gasteiger partial charge on any atom is -0.486 e. The summed E-state index contributed by atoms with van der Waals surface area (Å²) in [6.45, 7) is 7.19. The highest BCUT2D eigenvalue weighted by Crippen LogP contribution is 2.39. The van der Waals surface area contributed by atoms with E-state index in [1.54, 1.807) is 23.1 Å². The molecule has 1 N–H and O–H groups in total. The number of aromatic amines is 1. The third-order valence-corrected chi connectivity index (χ3v) is 6.47. The Balaban J connectivity index is 1.64. The normalized spacial score (nSPS) is 14.7. The Morgan fingerprint density at radius 2 is 2.00 bits per heavy atom. The van der Waals surface area contributed by atoms with Crippen LogP contribution >= 0.6 is 23.1 Å². The predicted molar refractivity (Wildman–Crippen MR) is 101 cm³/mol. The Hall–Kier alpha value is -1.99. The van der Waals surface area contributed by atoms with Gasteiger partial charge < -0.3 is 14.5 Å². The molecule has 1 unspecified atom stereocenters. The van der Waals surface area contributed by atoms with E-state index >= 15 is 0 Å². The van der Waals surface area contributed by atoms with E-state index in [4.69, 9.17) is 9.47 Å². The number of aryl methyl sites for hydroxylation is 2. The van der Waals surface area contributed by atoms with Crippen LogP contribution in [-0.4, -0.2) is 23.2 Å². The molecule has 1 aliphatic rings. The van der Waals surface area contributed by atoms with E-state index in [2.05, 4.69) is 9.97 Å². The zero-order chi connectivity index (χ0) is 17.6. The number of thiophene rings is 1. The van der Waals surface area contributed by atoms with E-state index < -0.39 is 0 Å². The molecule has 3 aromatic rings. The zero-order valence-corrected chi connectivity index (χ0v) is 15.8. The number of fused-ring (bicyclic) bond motifs is 2. The second-order valence-electron chi connectivity index (χ2n) is 5.98. The van der Waals surface area contributed by atoms with E-state index in [9.17, 15) is 4.79 Å². The Labute approximate surface area is 153 Å². The van der Waals surface area contributed by atoms with Crippen molar-refractivity contribution in [2.75, 3.05) is 13.2 Å². The number of hydrogen-bond donors (Lipinski definition) is 1. The van der Waals surface area contributed by atoms with Gasteiger partial charge in [-0.3, -0.25) is 4.79 Å². The topological polar surface area (TPSA) is 64.2 Å². The van der Waals surface area contributed by atoms with Crippen molar-refractivity contribution < 1.29 is 9.47 Å². The smallest absolute Gasteiger partial charge is 0.259 e. The van der Waals surface area contributed by atoms with Crippen molar-refractivity contribution in [1.82, 2.24) is 9.97 Å². The van der Waals surface area contributed by atoms with Gasteiger partial charge in [-0.2, -0.15) is 0 Å². The van der Waals surface area contributed by atoms with Crippen LogP contribution in [0.1, 0.15) is 28.4 Å². The molecule has 4 rings (SSSR count). The summed E-state index contributed by atoms with van der Waals surface area (Å²) in [6, 6.07) is 5.91. The lowest BCUT2D eigenvalue weighted by molar-refractivity contribution is 0.171. The average Bonchev–Trinajstić information content (AvgIpc) is 2.89. The molecule has 5 nitrogen and oxygen atoms in total. The third kappa shape index (κ3) is 3.02. The first-order valence-corrected chi connectivity index (χ1v) is 9.79. The average molecular weight is 374 g/mol. The van der Waals surface area contributed by atoms with Crippen molar-refractivity contribution in [2.45, 2.75) is 30.9 Å². The third-order valence-electron chi connectivity index (χ3n) is 4.27. The largest absolute Gasteiger partial charge is 0.486 e. The number of aromatic nitrogens is 2. The van der Waals surface area contributed by atoms with Gasteiger partial charge >= 0.3 is 0 Å². The van der Waals surface area contributed by atoms with Gasteiger partial charge in [0.05, 0.1) is 10.6 Å². The van der Waals surface area contributed by atoms with Gasteiger partial charge in [0.2, 0.25) is 0 Å². The molecule has 0 amide bonds. The summed E-state index contributed by atoms with van der Waals surface area (Å²) in [6.07, 6.45) is 0. The molecule has 1 aromatic carbocycles. The van der Waals surface area contributed by atoms with Crippen molar-refractivity contribution in [3.63, 3.8) is 0 Å². The van der Waals surface area contributed by atoms with E-state index in [1.165, 1.54) is 0 Å². The molecule has 0 saturated heterocycles. The van der Waals surface area contributed by atoms with E-state index in [-0.39, 0.29) is 10.8 Å². The summed E-state index contributed by atoms with van der Waals surface area (Å²) in [4.78, 5) is 23.1. The molecule has 2 aromatic heterocycles. The fraction of sp³-hybridized carbons (Fsp3) is 0.333. The summed E-state index contributed by atoms with van der Waals surface area (Å²) in [5.41, 5.74) is 0.962. The molecule has 3 heterocycles. The van der Waals surface area contributed by atoms with Gasteiger partial charge in [0.1, 0.15) is 23.9 Å². The zero-order valence-electron chi connectivity index (χ0n) is 14.2. The van der Waals surface area contributed by atoms with Gasteiger partial charge in [-0.25, -0.2) is 4.98 Å². The molecule has 1 aliphatic heterocycles. The molecule has 0 bridgehead atoms. The van der Waals surface area contributed by atoms with E-state index in [0.29, 0.717) is 24.4 Å². The summed E-state index contributed by atoms with van der Waals surface area (Å²) >= 11 is 3.21. The standard InChI is InChI=1S/C18H18N2O3S2/c1-9-10(2)25-18-15(9)17(21)19-16(20-18)11(3)24-12-4-5-13-14(8-12)23-7-6-22-13/h4-5,8,11H,6-7H2,1-3H3,(H,19,20,21). The molecule has 25 heavy (non-hydrogen) atoms. The lowest BCUT2D eigenvalue weighted by atomic mass is 10.2. The number of H-pyrrole nitrogens is 1. The molecule has 0 radical (unpaired) electrons. The van der Waals surface area contributed by atoms with Crippen LogP contribution in [0.5, 0.6) is 11.5 Å². The Kier molecular flexibility index (Phi) is 4.21. The first-order chi connectivity index (χ1) is 12.0. The van der Waals surface area contributed by atoms with Crippen LogP contribution in [0.15, 0.2) is 27.9 Å². The summed E-state index contributed by atoms with van der Waals surface area (Å²) < 4.78 is 11.2. The molecule has 1 atom stereocenters. The van der Waals surface area contributed by atoms with Gasteiger partial charge in [-0.15, -0.1) is 23.1 Å². The maximum absolute atomic E-state index is 12.4. The van der Waals surface area contributed by atoms with Gasteiger partial charge in [0.15, 0.2) is 11.5 Å². The van der Waals surface area contributed by atoms with Gasteiger partial charge in [-0.05, 0) is 44.5 Å². The second kappa shape index (κ2) is 6.38. The monoisotopic (exact) mass is 374 g/mol. The number of hydrogen-bond acceptors (Lipinski definition) is 6. The molecule has 0 fully saturated rings. The molecular formula is C18H18N2O3S2. The fourth-order valence-corrected chi connectivity index (χ4v) is 4.81. The molecular weight excluding hydrogens is 356 g/mol. The van der Waals surface area contributed by atoms with Gasteiger partial charge in [0, 0.05) is 9.77 Å². The summed E-state index contributed by atoms with van der Waals surface area (Å²) in [5, 5.41) is 0.727.